The number of aryl methyl sites for hydroxylation is 3. The number of aromatic nitrogens is 4. The van der Waals surface area contributed by atoms with Crippen LogP contribution in [0, 0.1) is 12.7 Å². The molecule has 24 heavy (non-hydrogen) atoms. The van der Waals surface area contributed by atoms with Crippen molar-refractivity contribution >= 4 is 22.6 Å². The summed E-state index contributed by atoms with van der Waals surface area (Å²) in [6.07, 6.45) is 2.97. The third-order valence-corrected chi connectivity index (χ3v) is 3.76. The van der Waals surface area contributed by atoms with Gasteiger partial charge < -0.3 is 5.32 Å². The molecular weight excluding hydrogens is 313 g/mol. The van der Waals surface area contributed by atoms with Crippen LogP contribution in [0.25, 0.3) is 11.0 Å². The van der Waals surface area contributed by atoms with Crippen LogP contribution in [0.3, 0.4) is 0 Å². The van der Waals surface area contributed by atoms with Crippen molar-refractivity contribution in [3.05, 3.63) is 52.5 Å². The van der Waals surface area contributed by atoms with Gasteiger partial charge in [0.1, 0.15) is 11.2 Å². The maximum absolute atomic E-state index is 13.1. The van der Waals surface area contributed by atoms with E-state index in [1.54, 1.807) is 14.0 Å². The fourth-order valence-electron chi connectivity index (χ4n) is 2.43. The minimum Gasteiger partial charge on any atom is -0.326 e. The van der Waals surface area contributed by atoms with Crippen molar-refractivity contribution in [3.63, 3.8) is 0 Å². The Morgan fingerprint density at radius 1 is 1.38 bits per heavy atom. The van der Waals surface area contributed by atoms with E-state index in [2.05, 4.69) is 15.4 Å². The second kappa shape index (κ2) is 6.23. The van der Waals surface area contributed by atoms with Crippen LogP contribution < -0.4 is 10.9 Å². The van der Waals surface area contributed by atoms with Gasteiger partial charge >= 0.3 is 0 Å². The van der Waals surface area contributed by atoms with E-state index in [1.807, 2.05) is 0 Å². The second-order valence-electron chi connectivity index (χ2n) is 5.51. The first-order chi connectivity index (χ1) is 11.5. The third kappa shape index (κ3) is 3.03. The summed E-state index contributed by atoms with van der Waals surface area (Å²) < 4.78 is 16.0. The number of benzene rings is 1. The number of hydrogen-bond donors (Lipinski definition) is 1. The van der Waals surface area contributed by atoms with E-state index in [9.17, 15) is 14.0 Å². The zero-order chi connectivity index (χ0) is 17.3. The van der Waals surface area contributed by atoms with Crippen LogP contribution in [0.1, 0.15) is 12.0 Å². The molecular formula is C16H16FN5O2. The Labute approximate surface area is 136 Å². The van der Waals surface area contributed by atoms with E-state index in [1.165, 1.54) is 40.0 Å². The van der Waals surface area contributed by atoms with Gasteiger partial charge in [-0.05, 0) is 30.7 Å². The normalized spacial score (nSPS) is 11.0. The first-order valence-corrected chi connectivity index (χ1v) is 7.39. The standard InChI is InChI=1S/C16H16FN5O2/c1-10-7-11(17)3-4-13(10)20-14(23)5-6-22-9-18-15-12(16(22)24)8-19-21(15)2/h3-4,7-9H,5-6H2,1-2H3,(H,20,23). The number of nitrogens with one attached hydrogen (secondary N) is 1. The Balaban J connectivity index is 1.70. The minimum absolute atomic E-state index is 0.101. The highest BCUT2D eigenvalue weighted by molar-refractivity contribution is 5.91. The Morgan fingerprint density at radius 2 is 2.17 bits per heavy atom. The molecule has 0 saturated heterocycles. The number of anilines is 1. The summed E-state index contributed by atoms with van der Waals surface area (Å²) >= 11 is 0. The first kappa shape index (κ1) is 15.9. The maximum Gasteiger partial charge on any atom is 0.264 e. The zero-order valence-electron chi connectivity index (χ0n) is 13.3. The van der Waals surface area contributed by atoms with Crippen molar-refractivity contribution < 1.29 is 9.18 Å². The molecule has 1 N–H and O–H groups in total. The van der Waals surface area contributed by atoms with Gasteiger partial charge in [-0.2, -0.15) is 5.10 Å². The number of hydrogen-bond acceptors (Lipinski definition) is 4. The van der Waals surface area contributed by atoms with Gasteiger partial charge in [-0.1, -0.05) is 0 Å². The van der Waals surface area contributed by atoms with Crippen LogP contribution in [0.2, 0.25) is 0 Å². The molecule has 0 fully saturated rings. The lowest BCUT2D eigenvalue weighted by atomic mass is 10.2. The molecule has 0 saturated carbocycles. The Bertz CT molecular complexity index is 976. The van der Waals surface area contributed by atoms with E-state index < -0.39 is 0 Å². The number of rotatable bonds is 4. The molecule has 2 heterocycles. The summed E-state index contributed by atoms with van der Waals surface area (Å²) in [6, 6.07) is 4.14. The van der Waals surface area contributed by atoms with Gasteiger partial charge in [-0.25, -0.2) is 9.37 Å². The molecule has 0 unspecified atom stereocenters. The molecule has 1 aromatic carbocycles. The molecule has 2 aromatic heterocycles. The van der Waals surface area contributed by atoms with Crippen LogP contribution in [0.5, 0.6) is 0 Å². The number of nitrogens with zero attached hydrogens (tertiary/aromatic N) is 4. The average Bonchev–Trinajstić information content (AvgIpc) is 2.92. The van der Waals surface area contributed by atoms with Crippen LogP contribution in [-0.2, 0) is 18.4 Å². The van der Waals surface area contributed by atoms with Crippen LogP contribution in [0.15, 0.2) is 35.5 Å². The van der Waals surface area contributed by atoms with Gasteiger partial charge in [0.25, 0.3) is 5.56 Å². The Hall–Kier alpha value is -3.03. The van der Waals surface area contributed by atoms with E-state index in [0.717, 1.165) is 0 Å². The molecule has 1 amide bonds. The summed E-state index contributed by atoms with van der Waals surface area (Å²) in [5.74, 6) is -0.615. The molecule has 124 valence electrons. The summed E-state index contributed by atoms with van der Waals surface area (Å²) in [4.78, 5) is 28.5. The fourth-order valence-corrected chi connectivity index (χ4v) is 2.43. The summed E-state index contributed by atoms with van der Waals surface area (Å²) in [7, 11) is 1.71. The van der Waals surface area contributed by atoms with Crippen LogP contribution in [-0.4, -0.2) is 25.2 Å². The quantitative estimate of drug-likeness (QED) is 0.788. The molecule has 0 radical (unpaired) electrons. The first-order valence-electron chi connectivity index (χ1n) is 7.39. The van der Waals surface area contributed by atoms with Crippen LogP contribution >= 0.6 is 0 Å². The van der Waals surface area contributed by atoms with Crippen molar-refractivity contribution in [1.82, 2.24) is 19.3 Å². The van der Waals surface area contributed by atoms with Gasteiger partial charge in [0.05, 0.1) is 12.5 Å². The number of halogens is 1. The second-order valence-corrected chi connectivity index (χ2v) is 5.51. The van der Waals surface area contributed by atoms with E-state index >= 15 is 0 Å². The van der Waals surface area contributed by atoms with Gasteiger partial charge in [0, 0.05) is 25.7 Å². The zero-order valence-corrected chi connectivity index (χ0v) is 13.3. The van der Waals surface area contributed by atoms with Gasteiger partial charge in [0.15, 0.2) is 5.65 Å². The lowest BCUT2D eigenvalue weighted by Gasteiger charge is -2.09. The molecule has 3 rings (SSSR count). The lowest BCUT2D eigenvalue weighted by Crippen LogP contribution is -2.23. The predicted molar refractivity (Wildman–Crippen MR) is 87.2 cm³/mol. The summed E-state index contributed by atoms with van der Waals surface area (Å²) in [5.41, 5.74) is 1.45. The number of amides is 1. The lowest BCUT2D eigenvalue weighted by molar-refractivity contribution is -0.116. The predicted octanol–water partition coefficient (Wildman–Crippen LogP) is 1.61. The molecule has 3 aromatic rings. The molecule has 0 atom stereocenters. The number of carbonyl (C=O) groups excluding carboxylic acids is 1. The molecule has 0 aliphatic heterocycles. The molecule has 0 bridgehead atoms. The Morgan fingerprint density at radius 3 is 2.92 bits per heavy atom. The van der Waals surface area contributed by atoms with E-state index in [0.29, 0.717) is 22.3 Å². The van der Waals surface area contributed by atoms with Crippen molar-refractivity contribution in [2.45, 2.75) is 19.9 Å². The topological polar surface area (TPSA) is 81.8 Å². The highest BCUT2D eigenvalue weighted by Crippen LogP contribution is 2.15. The van der Waals surface area contributed by atoms with Gasteiger partial charge in [-0.15, -0.1) is 0 Å². The van der Waals surface area contributed by atoms with Crippen molar-refractivity contribution in [2.24, 2.45) is 7.05 Å². The number of fused-ring (bicyclic) bond motifs is 1. The van der Waals surface area contributed by atoms with Crippen LogP contribution in [0.4, 0.5) is 10.1 Å². The minimum atomic E-state index is -0.354. The molecule has 0 aliphatic rings. The Kier molecular flexibility index (Phi) is 4.11. The third-order valence-electron chi connectivity index (χ3n) is 3.76. The SMILES string of the molecule is Cc1cc(F)ccc1NC(=O)CCn1cnc2c(cnn2C)c1=O. The number of carbonyl (C=O) groups is 1. The fraction of sp³-hybridized carbons (Fsp3) is 0.250. The van der Waals surface area contributed by atoms with Gasteiger partial charge in [0.2, 0.25) is 5.91 Å². The van der Waals surface area contributed by atoms with Gasteiger partial charge in [-0.3, -0.25) is 18.8 Å². The molecule has 0 aliphatic carbocycles. The van der Waals surface area contributed by atoms with E-state index in [-0.39, 0.29) is 30.2 Å². The summed E-state index contributed by atoms with van der Waals surface area (Å²) in [5, 5.41) is 7.12. The summed E-state index contributed by atoms with van der Waals surface area (Å²) in [6.45, 7) is 1.91. The highest BCUT2D eigenvalue weighted by Gasteiger charge is 2.10. The maximum atomic E-state index is 13.1. The van der Waals surface area contributed by atoms with E-state index in [4.69, 9.17) is 0 Å². The largest absolute Gasteiger partial charge is 0.326 e. The average molecular weight is 329 g/mol. The van der Waals surface area contributed by atoms with Crippen molar-refractivity contribution in [1.29, 1.82) is 0 Å². The molecule has 8 heteroatoms. The van der Waals surface area contributed by atoms with Crippen molar-refractivity contribution in [2.75, 3.05) is 5.32 Å². The molecule has 0 spiro atoms. The highest BCUT2D eigenvalue weighted by atomic mass is 19.1. The monoisotopic (exact) mass is 329 g/mol. The van der Waals surface area contributed by atoms with Crippen molar-refractivity contribution in [3.8, 4) is 0 Å². The smallest absolute Gasteiger partial charge is 0.264 e. The molecule has 7 nitrogen and oxygen atoms in total.